The highest BCUT2D eigenvalue weighted by atomic mass is 35.5. The summed E-state index contributed by atoms with van der Waals surface area (Å²) in [5.74, 6) is 0. The fraction of sp³-hybridized carbons (Fsp3) is 0. The Balaban J connectivity index is 2.54. The zero-order valence-electron chi connectivity index (χ0n) is 3.65. The highest BCUT2D eigenvalue weighted by molar-refractivity contribution is 6.67. The molecular weight excluding hydrogens is 151 g/mol. The third-order valence-corrected chi connectivity index (χ3v) is 0.831. The normalized spacial score (nSPS) is 17.8. The van der Waals surface area contributed by atoms with Crippen LogP contribution < -0.4 is 10.9 Å². The Labute approximate surface area is 55.5 Å². The molecule has 0 amide bonds. The van der Waals surface area contributed by atoms with Crippen LogP contribution in [0.3, 0.4) is 0 Å². The molecule has 6 heteroatoms. The molecule has 0 fully saturated rings. The van der Waals surface area contributed by atoms with Gasteiger partial charge in [0.15, 0.2) is 0 Å². The SMILES string of the molecule is ClC1=NNC(Cl)=NN1. The van der Waals surface area contributed by atoms with Gasteiger partial charge in [-0.2, -0.15) is 0 Å². The first-order valence-electron chi connectivity index (χ1n) is 1.77. The topological polar surface area (TPSA) is 48.8 Å². The molecule has 0 aromatic rings. The van der Waals surface area contributed by atoms with Crippen LogP contribution in [0.2, 0.25) is 0 Å². The van der Waals surface area contributed by atoms with E-state index in [9.17, 15) is 0 Å². The van der Waals surface area contributed by atoms with Gasteiger partial charge in [-0.25, -0.2) is 10.9 Å². The molecule has 1 heterocycles. The summed E-state index contributed by atoms with van der Waals surface area (Å²) < 4.78 is 0. The monoisotopic (exact) mass is 152 g/mol. The van der Waals surface area contributed by atoms with Crippen LogP contribution in [0.15, 0.2) is 10.2 Å². The van der Waals surface area contributed by atoms with Gasteiger partial charge in [-0.15, -0.1) is 10.2 Å². The number of rotatable bonds is 0. The maximum atomic E-state index is 5.29. The smallest absolute Gasteiger partial charge is 0.235 e. The first-order chi connectivity index (χ1) is 3.79. The lowest BCUT2D eigenvalue weighted by atomic mass is 11.2. The van der Waals surface area contributed by atoms with Gasteiger partial charge in [0.25, 0.3) is 0 Å². The Hall–Kier alpha value is -0.480. The standard InChI is InChI=1S/C2H2Cl2N4/c3-1-5-7-2(4)8-6-1/h(H,5,6)(H,7,8). The van der Waals surface area contributed by atoms with Gasteiger partial charge in [0.2, 0.25) is 10.6 Å². The van der Waals surface area contributed by atoms with Crippen LogP contribution in [0.1, 0.15) is 0 Å². The minimum atomic E-state index is 0.175. The van der Waals surface area contributed by atoms with Crippen LogP contribution in [-0.4, -0.2) is 10.6 Å². The van der Waals surface area contributed by atoms with Crippen molar-refractivity contribution in [3.8, 4) is 0 Å². The Morgan fingerprint density at radius 1 is 1.00 bits per heavy atom. The molecule has 0 radical (unpaired) electrons. The Morgan fingerprint density at radius 2 is 1.38 bits per heavy atom. The van der Waals surface area contributed by atoms with Crippen molar-refractivity contribution in [1.29, 1.82) is 0 Å². The lowest BCUT2D eigenvalue weighted by molar-refractivity contribution is 0.912. The van der Waals surface area contributed by atoms with E-state index in [4.69, 9.17) is 23.2 Å². The van der Waals surface area contributed by atoms with E-state index in [-0.39, 0.29) is 10.6 Å². The Morgan fingerprint density at radius 3 is 1.62 bits per heavy atom. The van der Waals surface area contributed by atoms with Crippen molar-refractivity contribution in [1.82, 2.24) is 10.9 Å². The molecular formula is C2H2Cl2N4. The molecule has 0 bridgehead atoms. The van der Waals surface area contributed by atoms with Crippen molar-refractivity contribution in [2.24, 2.45) is 10.2 Å². The van der Waals surface area contributed by atoms with Gasteiger partial charge in [0.1, 0.15) is 0 Å². The van der Waals surface area contributed by atoms with Crippen molar-refractivity contribution in [3.63, 3.8) is 0 Å². The zero-order chi connectivity index (χ0) is 5.98. The van der Waals surface area contributed by atoms with Gasteiger partial charge < -0.3 is 0 Å². The molecule has 2 N–H and O–H groups in total. The van der Waals surface area contributed by atoms with Crippen molar-refractivity contribution < 1.29 is 0 Å². The molecule has 0 saturated carbocycles. The van der Waals surface area contributed by atoms with Crippen LogP contribution in [0, 0.1) is 0 Å². The predicted octanol–water partition coefficient (Wildman–Crippen LogP) is 0.199. The summed E-state index contributed by atoms with van der Waals surface area (Å²) in [6.07, 6.45) is 0. The summed E-state index contributed by atoms with van der Waals surface area (Å²) in [5.41, 5.74) is 4.68. The molecule has 1 aliphatic heterocycles. The summed E-state index contributed by atoms with van der Waals surface area (Å²) in [7, 11) is 0. The fourth-order valence-corrected chi connectivity index (χ4v) is 0.409. The zero-order valence-corrected chi connectivity index (χ0v) is 5.16. The van der Waals surface area contributed by atoms with E-state index >= 15 is 0 Å². The summed E-state index contributed by atoms with van der Waals surface area (Å²) in [6.45, 7) is 0. The molecule has 1 aliphatic rings. The first-order valence-corrected chi connectivity index (χ1v) is 2.53. The van der Waals surface area contributed by atoms with Crippen LogP contribution in [0.5, 0.6) is 0 Å². The fourth-order valence-electron chi connectivity index (χ4n) is 0.240. The third kappa shape index (κ3) is 1.24. The van der Waals surface area contributed by atoms with Crippen LogP contribution in [0.25, 0.3) is 0 Å². The number of nitrogens with one attached hydrogen (secondary N) is 2. The van der Waals surface area contributed by atoms with Gasteiger partial charge in [0.05, 0.1) is 0 Å². The number of hydrogen-bond acceptors (Lipinski definition) is 4. The minimum absolute atomic E-state index is 0.175. The number of nitrogens with zero attached hydrogens (tertiary/aromatic N) is 2. The highest BCUT2D eigenvalue weighted by Gasteiger charge is 1.98. The molecule has 8 heavy (non-hydrogen) atoms. The van der Waals surface area contributed by atoms with E-state index in [2.05, 4.69) is 21.1 Å². The lowest BCUT2D eigenvalue weighted by Gasteiger charge is -2.03. The van der Waals surface area contributed by atoms with Gasteiger partial charge in [-0.1, -0.05) is 0 Å². The van der Waals surface area contributed by atoms with Crippen molar-refractivity contribution in [2.75, 3.05) is 0 Å². The van der Waals surface area contributed by atoms with E-state index in [1.807, 2.05) is 0 Å². The van der Waals surface area contributed by atoms with E-state index in [0.29, 0.717) is 0 Å². The molecule has 0 unspecified atom stereocenters. The van der Waals surface area contributed by atoms with Crippen molar-refractivity contribution in [3.05, 3.63) is 0 Å². The molecule has 0 atom stereocenters. The second kappa shape index (κ2) is 2.19. The average Bonchev–Trinajstić information content (AvgIpc) is 1.77. The first kappa shape index (κ1) is 5.65. The van der Waals surface area contributed by atoms with Gasteiger partial charge >= 0.3 is 0 Å². The maximum Gasteiger partial charge on any atom is 0.235 e. The van der Waals surface area contributed by atoms with Gasteiger partial charge in [-0.3, -0.25) is 0 Å². The predicted molar refractivity (Wildman–Crippen MR) is 32.8 cm³/mol. The van der Waals surface area contributed by atoms with Crippen LogP contribution >= 0.6 is 23.2 Å². The number of amidine groups is 2. The number of hydrazone groups is 2. The van der Waals surface area contributed by atoms with E-state index in [1.54, 1.807) is 0 Å². The van der Waals surface area contributed by atoms with Crippen molar-refractivity contribution >= 4 is 33.8 Å². The number of halogens is 2. The molecule has 4 nitrogen and oxygen atoms in total. The molecule has 0 saturated heterocycles. The highest BCUT2D eigenvalue weighted by Crippen LogP contribution is 1.88. The molecule has 0 spiro atoms. The van der Waals surface area contributed by atoms with Gasteiger partial charge in [-0.05, 0) is 23.2 Å². The quantitative estimate of drug-likeness (QED) is 0.488. The van der Waals surface area contributed by atoms with E-state index < -0.39 is 0 Å². The minimum Gasteiger partial charge on any atom is -0.247 e. The number of hydrogen-bond donors (Lipinski definition) is 2. The van der Waals surface area contributed by atoms with Gasteiger partial charge in [0, 0.05) is 0 Å². The Bertz CT molecular complexity index is 132. The largest absolute Gasteiger partial charge is 0.247 e. The summed E-state index contributed by atoms with van der Waals surface area (Å²) >= 11 is 10.6. The maximum absolute atomic E-state index is 5.29. The summed E-state index contributed by atoms with van der Waals surface area (Å²) in [5, 5.41) is 7.29. The second-order valence-corrected chi connectivity index (χ2v) is 1.74. The molecule has 1 rings (SSSR count). The van der Waals surface area contributed by atoms with E-state index in [0.717, 1.165) is 0 Å². The molecule has 44 valence electrons. The average molecular weight is 153 g/mol. The van der Waals surface area contributed by atoms with Crippen LogP contribution in [-0.2, 0) is 0 Å². The second-order valence-electron chi connectivity index (χ2n) is 1.03. The van der Waals surface area contributed by atoms with E-state index in [1.165, 1.54) is 0 Å². The summed E-state index contributed by atoms with van der Waals surface area (Å²) in [4.78, 5) is 0. The molecule has 0 aromatic heterocycles. The third-order valence-electron chi connectivity index (χ3n) is 0.493. The Kier molecular flexibility index (Phi) is 1.55. The molecule has 0 aromatic carbocycles. The lowest BCUT2D eigenvalue weighted by Crippen LogP contribution is -2.27. The van der Waals surface area contributed by atoms with Crippen LogP contribution in [0.4, 0.5) is 0 Å². The summed E-state index contributed by atoms with van der Waals surface area (Å²) in [6, 6.07) is 0. The van der Waals surface area contributed by atoms with Crippen molar-refractivity contribution in [2.45, 2.75) is 0 Å². The molecule has 0 aliphatic carbocycles.